The zero-order chi connectivity index (χ0) is 36.1. The normalized spacial score (nSPS) is 11.0. The van der Waals surface area contributed by atoms with Crippen LogP contribution >= 0.6 is 0 Å². The molecule has 0 unspecified atom stereocenters. The number of pyridine rings is 2. The van der Waals surface area contributed by atoms with Gasteiger partial charge in [-0.2, -0.15) is 0 Å². The molecule has 9 rings (SSSR count). The van der Waals surface area contributed by atoms with Crippen LogP contribution in [-0.2, 0) is 0 Å². The van der Waals surface area contributed by atoms with Crippen LogP contribution in [0.4, 0.5) is 0 Å². The summed E-state index contributed by atoms with van der Waals surface area (Å²) in [6.45, 7) is 0. The lowest BCUT2D eigenvalue weighted by molar-refractivity contribution is 1.17. The van der Waals surface area contributed by atoms with Gasteiger partial charge in [-0.25, -0.2) is 9.97 Å². The summed E-state index contributed by atoms with van der Waals surface area (Å²) < 4.78 is 0. The molecule has 0 atom stereocenters. The van der Waals surface area contributed by atoms with Crippen molar-refractivity contribution in [3.63, 3.8) is 0 Å². The highest BCUT2D eigenvalue weighted by molar-refractivity contribution is 5.85. The van der Waals surface area contributed by atoms with Gasteiger partial charge in [-0.05, 0) is 116 Å². The Hall–Kier alpha value is -7.30. The number of rotatable bonds is 8. The van der Waals surface area contributed by atoms with Crippen LogP contribution in [0.3, 0.4) is 0 Å². The molecule has 54 heavy (non-hydrogen) atoms. The molecular weight excluding hydrogens is 657 g/mol. The van der Waals surface area contributed by atoms with E-state index in [1.807, 2.05) is 30.3 Å². The quantitative estimate of drug-likeness (QED) is 0.159. The molecule has 254 valence electrons. The summed E-state index contributed by atoms with van der Waals surface area (Å²) in [6.07, 6.45) is 7.11. The molecule has 0 spiro atoms. The highest BCUT2D eigenvalue weighted by Crippen LogP contribution is 2.37. The Morgan fingerprint density at radius 3 is 1.04 bits per heavy atom. The first-order chi connectivity index (χ1) is 26.7. The molecule has 0 N–H and O–H groups in total. The first-order valence-electron chi connectivity index (χ1n) is 18.0. The topological polar surface area (TPSA) is 51.6 Å². The van der Waals surface area contributed by atoms with E-state index in [1.54, 1.807) is 24.8 Å². The molecule has 9 aromatic rings. The van der Waals surface area contributed by atoms with Crippen LogP contribution in [0.25, 0.3) is 89.5 Å². The van der Waals surface area contributed by atoms with Gasteiger partial charge in [0.1, 0.15) is 0 Å². The van der Waals surface area contributed by atoms with Crippen LogP contribution in [0.5, 0.6) is 0 Å². The minimum Gasteiger partial charge on any atom is -0.265 e. The molecule has 0 radical (unpaired) electrons. The van der Waals surface area contributed by atoms with E-state index in [0.29, 0.717) is 5.82 Å². The van der Waals surface area contributed by atoms with Gasteiger partial charge >= 0.3 is 0 Å². The number of benzene rings is 6. The Morgan fingerprint density at radius 2 is 0.556 bits per heavy atom. The van der Waals surface area contributed by atoms with Crippen molar-refractivity contribution in [2.45, 2.75) is 0 Å². The lowest BCUT2D eigenvalue weighted by Crippen LogP contribution is -1.96. The van der Waals surface area contributed by atoms with Gasteiger partial charge in [0, 0.05) is 41.5 Å². The SMILES string of the molecule is c1ccc(-c2cccc(-c3cc(-c4ccc(-c5cc(-c6ccncc6)nc(-c6ccncc6)n5)cc4)cc(-c4cccc(-c5ccccc5)c4)c3)c2)cc1. The van der Waals surface area contributed by atoms with Crippen LogP contribution in [0.15, 0.2) is 207 Å². The monoisotopic (exact) mass is 690 g/mol. The summed E-state index contributed by atoms with van der Waals surface area (Å²) in [5.74, 6) is 0.651. The maximum Gasteiger partial charge on any atom is 0.160 e. The Labute approximate surface area is 315 Å². The van der Waals surface area contributed by atoms with Crippen molar-refractivity contribution < 1.29 is 0 Å². The Bertz CT molecular complexity index is 2520. The molecule has 0 bridgehead atoms. The molecule has 0 aliphatic rings. The maximum atomic E-state index is 5.02. The van der Waals surface area contributed by atoms with Gasteiger partial charge in [0.05, 0.1) is 11.4 Å². The molecule has 3 aromatic heterocycles. The van der Waals surface area contributed by atoms with Crippen molar-refractivity contribution >= 4 is 0 Å². The van der Waals surface area contributed by atoms with Crippen molar-refractivity contribution in [2.75, 3.05) is 0 Å². The molecular formula is C50H34N4. The van der Waals surface area contributed by atoms with Gasteiger partial charge in [-0.3, -0.25) is 9.97 Å². The van der Waals surface area contributed by atoms with E-state index in [1.165, 1.54) is 33.4 Å². The Kier molecular flexibility index (Phi) is 8.90. The molecule has 0 saturated heterocycles. The van der Waals surface area contributed by atoms with E-state index in [9.17, 15) is 0 Å². The third-order valence-electron chi connectivity index (χ3n) is 9.69. The van der Waals surface area contributed by atoms with Gasteiger partial charge in [-0.15, -0.1) is 0 Å². The van der Waals surface area contributed by atoms with E-state index >= 15 is 0 Å². The minimum atomic E-state index is 0.651. The third-order valence-corrected chi connectivity index (χ3v) is 9.69. The predicted molar refractivity (Wildman–Crippen MR) is 221 cm³/mol. The Balaban J connectivity index is 1.14. The van der Waals surface area contributed by atoms with Gasteiger partial charge in [0.15, 0.2) is 5.82 Å². The minimum absolute atomic E-state index is 0.651. The number of nitrogens with zero attached hydrogens (tertiary/aromatic N) is 4. The van der Waals surface area contributed by atoms with Gasteiger partial charge in [0.25, 0.3) is 0 Å². The van der Waals surface area contributed by atoms with Gasteiger partial charge in [-0.1, -0.05) is 121 Å². The molecule has 0 aliphatic heterocycles. The maximum absolute atomic E-state index is 5.02. The van der Waals surface area contributed by atoms with Crippen LogP contribution in [-0.4, -0.2) is 19.9 Å². The second-order valence-electron chi connectivity index (χ2n) is 13.2. The van der Waals surface area contributed by atoms with Crippen molar-refractivity contribution in [1.29, 1.82) is 0 Å². The molecule has 4 heteroatoms. The first kappa shape index (κ1) is 32.6. The largest absolute Gasteiger partial charge is 0.265 e. The third kappa shape index (κ3) is 6.97. The lowest BCUT2D eigenvalue weighted by atomic mass is 9.91. The molecule has 0 amide bonds. The van der Waals surface area contributed by atoms with Crippen LogP contribution in [0.2, 0.25) is 0 Å². The van der Waals surface area contributed by atoms with Crippen LogP contribution in [0, 0.1) is 0 Å². The second kappa shape index (κ2) is 14.7. The average molecular weight is 691 g/mol. The molecule has 0 fully saturated rings. The molecule has 3 heterocycles. The Morgan fingerprint density at radius 1 is 0.222 bits per heavy atom. The van der Waals surface area contributed by atoms with E-state index in [-0.39, 0.29) is 0 Å². The second-order valence-corrected chi connectivity index (χ2v) is 13.2. The standard InChI is InChI=1S/C50H34N4/c1-3-9-35(10-4-1)41-13-7-15-43(29-41)46-31-45(32-47(33-46)44-16-8-14-42(30-44)36-11-5-2-6-12-36)37-17-19-38(20-18-37)48-34-49(39-21-25-51-26-22-39)54-50(53-48)40-23-27-52-28-24-40/h1-34H. The molecule has 6 aromatic carbocycles. The summed E-state index contributed by atoms with van der Waals surface area (Å²) in [4.78, 5) is 18.3. The summed E-state index contributed by atoms with van der Waals surface area (Å²) in [7, 11) is 0. The fourth-order valence-electron chi connectivity index (χ4n) is 6.87. The van der Waals surface area contributed by atoms with E-state index < -0.39 is 0 Å². The summed E-state index contributed by atoms with van der Waals surface area (Å²) in [5, 5.41) is 0. The first-order valence-corrected chi connectivity index (χ1v) is 18.0. The van der Waals surface area contributed by atoms with Crippen molar-refractivity contribution in [3.8, 4) is 89.5 Å². The summed E-state index contributed by atoms with van der Waals surface area (Å²) >= 11 is 0. The summed E-state index contributed by atoms with van der Waals surface area (Å²) in [6, 6.07) is 64.3. The lowest BCUT2D eigenvalue weighted by Gasteiger charge is -2.14. The van der Waals surface area contributed by atoms with Crippen molar-refractivity contribution in [2.24, 2.45) is 0 Å². The fourth-order valence-corrected chi connectivity index (χ4v) is 6.87. The van der Waals surface area contributed by atoms with E-state index in [0.717, 1.165) is 50.3 Å². The molecule has 4 nitrogen and oxygen atoms in total. The number of hydrogen-bond acceptors (Lipinski definition) is 4. The van der Waals surface area contributed by atoms with Crippen LogP contribution < -0.4 is 0 Å². The predicted octanol–water partition coefficient (Wildman–Crippen LogP) is 12.6. The zero-order valence-electron chi connectivity index (χ0n) is 29.4. The van der Waals surface area contributed by atoms with Crippen molar-refractivity contribution in [1.82, 2.24) is 19.9 Å². The van der Waals surface area contributed by atoms with Gasteiger partial charge < -0.3 is 0 Å². The summed E-state index contributed by atoms with van der Waals surface area (Å²) in [5.41, 5.74) is 16.3. The molecule has 0 aliphatic carbocycles. The fraction of sp³-hybridized carbons (Fsp3) is 0. The van der Waals surface area contributed by atoms with Crippen LogP contribution in [0.1, 0.15) is 0 Å². The van der Waals surface area contributed by atoms with Crippen molar-refractivity contribution in [3.05, 3.63) is 207 Å². The smallest absolute Gasteiger partial charge is 0.160 e. The number of hydrogen-bond donors (Lipinski definition) is 0. The highest BCUT2D eigenvalue weighted by Gasteiger charge is 2.13. The van der Waals surface area contributed by atoms with Gasteiger partial charge in [0.2, 0.25) is 0 Å². The highest BCUT2D eigenvalue weighted by atomic mass is 14.9. The number of aromatic nitrogens is 4. The average Bonchev–Trinajstić information content (AvgIpc) is 3.27. The zero-order valence-corrected chi connectivity index (χ0v) is 29.4. The molecule has 0 saturated carbocycles. The van der Waals surface area contributed by atoms with E-state index in [2.05, 4.69) is 162 Å². The van der Waals surface area contributed by atoms with E-state index in [4.69, 9.17) is 9.97 Å².